The fourth-order valence-electron chi connectivity index (χ4n) is 1.86. The molecule has 0 saturated heterocycles. The molecule has 6 heteroatoms. The summed E-state index contributed by atoms with van der Waals surface area (Å²) >= 11 is 5.95. The van der Waals surface area contributed by atoms with E-state index >= 15 is 0 Å². The topological polar surface area (TPSA) is 71.4 Å². The highest BCUT2D eigenvalue weighted by Gasteiger charge is 2.23. The first-order valence-corrected chi connectivity index (χ1v) is 8.34. The van der Waals surface area contributed by atoms with Gasteiger partial charge in [0.2, 0.25) is 0 Å². The Balaban J connectivity index is 2.44. The van der Waals surface area contributed by atoms with E-state index in [4.69, 9.17) is 11.6 Å². The summed E-state index contributed by atoms with van der Waals surface area (Å²) in [5.74, 6) is -0.642. The Labute approximate surface area is 127 Å². The third-order valence-electron chi connectivity index (χ3n) is 3.00. The number of aliphatic hydroxyl groups excluding tert-OH is 1. The average Bonchev–Trinajstić information content (AvgIpc) is 2.46. The van der Waals surface area contributed by atoms with Crippen LogP contribution in [0.1, 0.15) is 22.0 Å². The zero-order valence-corrected chi connectivity index (χ0v) is 12.7. The minimum absolute atomic E-state index is 0.0176. The summed E-state index contributed by atoms with van der Waals surface area (Å²) in [6.07, 6.45) is -0.350. The van der Waals surface area contributed by atoms with Crippen LogP contribution in [0.3, 0.4) is 0 Å². The van der Waals surface area contributed by atoms with Crippen LogP contribution in [0.15, 0.2) is 53.4 Å². The van der Waals surface area contributed by atoms with Crippen molar-refractivity contribution in [2.45, 2.75) is 11.0 Å². The van der Waals surface area contributed by atoms with Crippen molar-refractivity contribution in [1.29, 1.82) is 0 Å². The van der Waals surface area contributed by atoms with Gasteiger partial charge in [-0.15, -0.1) is 0 Å². The van der Waals surface area contributed by atoms with Gasteiger partial charge < -0.3 is 5.11 Å². The smallest absolute Gasteiger partial charge is 0.197 e. The van der Waals surface area contributed by atoms with Crippen LogP contribution in [0.5, 0.6) is 0 Å². The molecule has 0 aliphatic carbocycles. The number of hydrogen-bond donors (Lipinski definition) is 1. The summed E-state index contributed by atoms with van der Waals surface area (Å²) in [6.45, 7) is 0. The van der Waals surface area contributed by atoms with Crippen LogP contribution < -0.4 is 0 Å². The normalized spacial score (nSPS) is 12.9. The molecule has 0 fully saturated rings. The van der Waals surface area contributed by atoms with Gasteiger partial charge in [-0.25, -0.2) is 8.42 Å². The van der Waals surface area contributed by atoms with E-state index in [9.17, 15) is 18.3 Å². The van der Waals surface area contributed by atoms with Crippen LogP contribution >= 0.6 is 11.6 Å². The van der Waals surface area contributed by atoms with E-state index in [2.05, 4.69) is 0 Å². The molecule has 0 aromatic heterocycles. The Morgan fingerprint density at radius 1 is 1.14 bits per heavy atom. The van der Waals surface area contributed by atoms with Crippen LogP contribution in [0.2, 0.25) is 5.02 Å². The second-order valence-electron chi connectivity index (χ2n) is 4.59. The number of rotatable bonds is 4. The number of benzene rings is 2. The van der Waals surface area contributed by atoms with E-state index in [1.807, 2.05) is 0 Å². The van der Waals surface area contributed by atoms with E-state index in [0.717, 1.165) is 6.26 Å². The first-order chi connectivity index (χ1) is 9.80. The van der Waals surface area contributed by atoms with Crippen LogP contribution in [0.25, 0.3) is 0 Å². The van der Waals surface area contributed by atoms with Gasteiger partial charge >= 0.3 is 0 Å². The van der Waals surface area contributed by atoms with Crippen molar-refractivity contribution in [3.63, 3.8) is 0 Å². The molecular weight excluding hydrogens is 312 g/mol. The number of aliphatic hydroxyl groups is 1. The van der Waals surface area contributed by atoms with Gasteiger partial charge in [-0.05, 0) is 23.8 Å². The summed E-state index contributed by atoms with van der Waals surface area (Å²) in [5.41, 5.74) is 0.402. The molecule has 0 spiro atoms. The minimum atomic E-state index is -3.46. The zero-order valence-electron chi connectivity index (χ0n) is 11.2. The molecule has 4 nitrogen and oxygen atoms in total. The fraction of sp³-hybridized carbons (Fsp3) is 0.133. The number of carbonyl (C=O) groups is 1. The summed E-state index contributed by atoms with van der Waals surface area (Å²) < 4.78 is 23.1. The summed E-state index contributed by atoms with van der Waals surface area (Å²) in [4.78, 5) is 12.3. The van der Waals surface area contributed by atoms with Crippen molar-refractivity contribution in [2.75, 3.05) is 6.26 Å². The number of Topliss-reactive ketones (excluding diaryl/α,β-unsaturated/α-hetero) is 1. The lowest BCUT2D eigenvalue weighted by atomic mass is 10.00. The zero-order chi connectivity index (χ0) is 15.6. The van der Waals surface area contributed by atoms with Gasteiger partial charge in [-0.1, -0.05) is 41.9 Å². The Kier molecular flexibility index (Phi) is 4.46. The van der Waals surface area contributed by atoms with Gasteiger partial charge in [0.05, 0.1) is 9.92 Å². The van der Waals surface area contributed by atoms with Gasteiger partial charge in [0.15, 0.2) is 15.6 Å². The molecule has 0 amide bonds. The highest BCUT2D eigenvalue weighted by atomic mass is 35.5. The highest BCUT2D eigenvalue weighted by molar-refractivity contribution is 7.90. The quantitative estimate of drug-likeness (QED) is 0.878. The van der Waals surface area contributed by atoms with E-state index in [1.54, 1.807) is 30.3 Å². The average molecular weight is 325 g/mol. The van der Waals surface area contributed by atoms with Gasteiger partial charge in [0.1, 0.15) is 6.10 Å². The van der Waals surface area contributed by atoms with E-state index in [0.29, 0.717) is 5.56 Å². The van der Waals surface area contributed by atoms with Gasteiger partial charge in [0.25, 0.3) is 0 Å². The van der Waals surface area contributed by atoms with Crippen molar-refractivity contribution >= 4 is 27.2 Å². The number of halogens is 1. The van der Waals surface area contributed by atoms with Crippen LogP contribution in [-0.2, 0) is 9.84 Å². The Morgan fingerprint density at radius 2 is 1.76 bits per heavy atom. The summed E-state index contributed by atoms with van der Waals surface area (Å²) in [6, 6.07) is 12.2. The van der Waals surface area contributed by atoms with Gasteiger partial charge in [0, 0.05) is 11.8 Å². The first-order valence-electron chi connectivity index (χ1n) is 6.07. The lowest BCUT2D eigenvalue weighted by Gasteiger charge is -2.12. The van der Waals surface area contributed by atoms with Gasteiger partial charge in [-0.3, -0.25) is 4.79 Å². The van der Waals surface area contributed by atoms with Crippen molar-refractivity contribution in [1.82, 2.24) is 0 Å². The maximum Gasteiger partial charge on any atom is 0.197 e. The standard InChI is InChI=1S/C15H13ClO4S/c1-21(19,20)11-7-8-13(16)12(9-11)15(18)14(17)10-5-3-2-4-6-10/h2-9,14,17H,1H3. The first kappa shape index (κ1) is 15.7. The van der Waals surface area contributed by atoms with E-state index in [-0.39, 0.29) is 15.5 Å². The van der Waals surface area contributed by atoms with Crippen LogP contribution in [0, 0.1) is 0 Å². The minimum Gasteiger partial charge on any atom is -0.380 e. The summed E-state index contributed by atoms with van der Waals surface area (Å²) in [5, 5.41) is 10.2. The van der Waals surface area contributed by atoms with Crippen LogP contribution in [0.4, 0.5) is 0 Å². The maximum atomic E-state index is 12.3. The molecule has 1 unspecified atom stereocenters. The number of hydrogen-bond acceptors (Lipinski definition) is 4. The number of ketones is 1. The molecule has 2 aromatic carbocycles. The lowest BCUT2D eigenvalue weighted by molar-refractivity contribution is 0.0747. The predicted molar refractivity (Wildman–Crippen MR) is 80.3 cm³/mol. The van der Waals surface area contributed by atoms with Crippen molar-refractivity contribution < 1.29 is 18.3 Å². The molecule has 0 radical (unpaired) electrons. The monoisotopic (exact) mass is 324 g/mol. The van der Waals surface area contributed by atoms with E-state index < -0.39 is 21.7 Å². The highest BCUT2D eigenvalue weighted by Crippen LogP contribution is 2.26. The third-order valence-corrected chi connectivity index (χ3v) is 4.43. The molecule has 0 saturated carbocycles. The van der Waals surface area contributed by atoms with Crippen molar-refractivity contribution in [3.05, 3.63) is 64.7 Å². The second-order valence-corrected chi connectivity index (χ2v) is 7.01. The van der Waals surface area contributed by atoms with Crippen molar-refractivity contribution in [2.24, 2.45) is 0 Å². The molecule has 110 valence electrons. The molecule has 0 aliphatic heterocycles. The maximum absolute atomic E-state index is 12.3. The SMILES string of the molecule is CS(=O)(=O)c1ccc(Cl)c(C(=O)C(O)c2ccccc2)c1. The van der Waals surface area contributed by atoms with E-state index in [1.165, 1.54) is 18.2 Å². The molecule has 0 bridgehead atoms. The Morgan fingerprint density at radius 3 is 2.33 bits per heavy atom. The lowest BCUT2D eigenvalue weighted by Crippen LogP contribution is -2.13. The van der Waals surface area contributed by atoms with Crippen LogP contribution in [-0.4, -0.2) is 25.6 Å². The summed E-state index contributed by atoms with van der Waals surface area (Å²) in [7, 11) is -3.46. The van der Waals surface area contributed by atoms with Gasteiger partial charge in [-0.2, -0.15) is 0 Å². The molecule has 1 N–H and O–H groups in total. The second kappa shape index (κ2) is 5.97. The Bertz CT molecular complexity index is 770. The molecule has 2 aromatic rings. The third kappa shape index (κ3) is 3.50. The molecule has 0 aliphatic rings. The molecule has 21 heavy (non-hydrogen) atoms. The predicted octanol–water partition coefficient (Wildman–Crippen LogP) is 2.66. The number of carbonyl (C=O) groups excluding carboxylic acids is 1. The number of sulfone groups is 1. The Hall–Kier alpha value is -1.69. The molecule has 2 rings (SSSR count). The molecule has 0 heterocycles. The molecular formula is C15H13ClO4S. The molecule has 1 atom stereocenters. The largest absolute Gasteiger partial charge is 0.380 e. The fourth-order valence-corrected chi connectivity index (χ4v) is 2.72. The van der Waals surface area contributed by atoms with Crippen molar-refractivity contribution in [3.8, 4) is 0 Å².